The van der Waals surface area contributed by atoms with Gasteiger partial charge in [0.15, 0.2) is 0 Å². The third kappa shape index (κ3) is 3.36. The Labute approximate surface area is 124 Å². The molecule has 1 aromatic heterocycles. The maximum atomic E-state index is 12.4. The van der Waals surface area contributed by atoms with Crippen LogP contribution in [0.15, 0.2) is 40.2 Å². The molecule has 0 aliphatic carbocycles. The number of carbonyl (C=O) groups is 1. The van der Waals surface area contributed by atoms with E-state index in [9.17, 15) is 4.79 Å². The van der Waals surface area contributed by atoms with E-state index < -0.39 is 0 Å². The van der Waals surface area contributed by atoms with E-state index in [1.165, 1.54) is 0 Å². The Morgan fingerprint density at radius 1 is 1.42 bits per heavy atom. The number of nitrogens with zero attached hydrogens (tertiary/aromatic N) is 1. The van der Waals surface area contributed by atoms with Crippen molar-refractivity contribution in [2.24, 2.45) is 0 Å². The van der Waals surface area contributed by atoms with Gasteiger partial charge >= 0.3 is 0 Å². The van der Waals surface area contributed by atoms with Crippen LogP contribution < -0.4 is 4.74 Å². The molecule has 1 aromatic carbocycles. The average molecular weight is 340 g/mol. The molecule has 0 aliphatic rings. The Bertz CT molecular complexity index is 582. The fourth-order valence-corrected chi connectivity index (χ4v) is 3.27. The zero-order chi connectivity index (χ0) is 13.8. The first kappa shape index (κ1) is 14.1. The van der Waals surface area contributed by atoms with Gasteiger partial charge in [-0.2, -0.15) is 0 Å². The van der Waals surface area contributed by atoms with Gasteiger partial charge in [0.1, 0.15) is 5.75 Å². The number of hydrogen-bond donors (Lipinski definition) is 0. The van der Waals surface area contributed by atoms with Crippen molar-refractivity contribution in [3.8, 4) is 5.75 Å². The van der Waals surface area contributed by atoms with E-state index in [1.807, 2.05) is 23.6 Å². The maximum absolute atomic E-state index is 12.4. The molecular weight excluding hydrogens is 326 g/mol. The van der Waals surface area contributed by atoms with Crippen molar-refractivity contribution in [1.82, 2.24) is 4.90 Å². The van der Waals surface area contributed by atoms with Gasteiger partial charge in [0.05, 0.1) is 19.2 Å². The summed E-state index contributed by atoms with van der Waals surface area (Å²) in [4.78, 5) is 15.2. The van der Waals surface area contributed by atoms with Crippen molar-refractivity contribution < 1.29 is 9.53 Å². The highest BCUT2D eigenvalue weighted by Crippen LogP contribution is 2.23. The lowest BCUT2D eigenvalue weighted by molar-refractivity contribution is 0.0783. The van der Waals surface area contributed by atoms with Crippen LogP contribution in [-0.4, -0.2) is 25.0 Å². The van der Waals surface area contributed by atoms with Crippen LogP contribution in [0.3, 0.4) is 0 Å². The number of amides is 1. The van der Waals surface area contributed by atoms with Crippen molar-refractivity contribution in [1.29, 1.82) is 0 Å². The summed E-state index contributed by atoms with van der Waals surface area (Å²) in [5.41, 5.74) is 0.586. The van der Waals surface area contributed by atoms with Gasteiger partial charge in [0.25, 0.3) is 5.91 Å². The van der Waals surface area contributed by atoms with Gasteiger partial charge < -0.3 is 9.64 Å². The summed E-state index contributed by atoms with van der Waals surface area (Å²) in [6, 6.07) is 9.29. The highest BCUT2D eigenvalue weighted by molar-refractivity contribution is 9.10. The standard InChI is InChI=1S/C14H14BrNO2S/c1-16(8-11-7-10(15)9-19-11)14(17)12-5-3-4-6-13(12)18-2/h3-7,9H,8H2,1-2H3. The number of hydrogen-bond acceptors (Lipinski definition) is 3. The van der Waals surface area contributed by atoms with Gasteiger partial charge in [-0.15, -0.1) is 11.3 Å². The second-order valence-electron chi connectivity index (χ2n) is 4.09. The zero-order valence-electron chi connectivity index (χ0n) is 10.7. The molecule has 1 amide bonds. The number of methoxy groups -OCH3 is 1. The van der Waals surface area contributed by atoms with Crippen molar-refractivity contribution in [2.45, 2.75) is 6.54 Å². The number of para-hydroxylation sites is 1. The van der Waals surface area contributed by atoms with Gasteiger partial charge in [-0.05, 0) is 34.1 Å². The van der Waals surface area contributed by atoms with Gasteiger partial charge in [-0.3, -0.25) is 4.79 Å². The first-order chi connectivity index (χ1) is 9.11. The lowest BCUT2D eigenvalue weighted by Gasteiger charge is -2.17. The van der Waals surface area contributed by atoms with Crippen LogP contribution in [0.5, 0.6) is 5.75 Å². The van der Waals surface area contributed by atoms with Gasteiger partial charge in [0.2, 0.25) is 0 Å². The Kier molecular flexibility index (Phi) is 4.61. The second kappa shape index (κ2) is 6.21. The Morgan fingerprint density at radius 2 is 2.16 bits per heavy atom. The minimum Gasteiger partial charge on any atom is -0.496 e. The number of carbonyl (C=O) groups excluding carboxylic acids is 1. The van der Waals surface area contributed by atoms with E-state index in [1.54, 1.807) is 42.5 Å². The second-order valence-corrected chi connectivity index (χ2v) is 6.00. The molecule has 2 aromatic rings. The quantitative estimate of drug-likeness (QED) is 0.847. The van der Waals surface area contributed by atoms with Crippen molar-refractivity contribution >= 4 is 33.2 Å². The lowest BCUT2D eigenvalue weighted by atomic mass is 10.2. The molecule has 0 aliphatic heterocycles. The molecule has 0 atom stereocenters. The summed E-state index contributed by atoms with van der Waals surface area (Å²) in [6.45, 7) is 0.590. The molecule has 19 heavy (non-hydrogen) atoms. The topological polar surface area (TPSA) is 29.5 Å². The molecule has 5 heteroatoms. The molecular formula is C14H14BrNO2S. The predicted octanol–water partition coefficient (Wildman–Crippen LogP) is 3.79. The first-order valence-corrected chi connectivity index (χ1v) is 7.40. The van der Waals surface area contributed by atoms with Crippen LogP contribution in [0, 0.1) is 0 Å². The van der Waals surface area contributed by atoms with E-state index in [0.29, 0.717) is 17.9 Å². The van der Waals surface area contributed by atoms with Crippen LogP contribution >= 0.6 is 27.3 Å². The van der Waals surface area contributed by atoms with E-state index >= 15 is 0 Å². The van der Waals surface area contributed by atoms with Crippen LogP contribution in [0.1, 0.15) is 15.2 Å². The van der Waals surface area contributed by atoms with E-state index in [-0.39, 0.29) is 5.91 Å². The highest BCUT2D eigenvalue weighted by Gasteiger charge is 2.16. The van der Waals surface area contributed by atoms with Crippen molar-refractivity contribution in [2.75, 3.05) is 14.2 Å². The minimum atomic E-state index is -0.0398. The maximum Gasteiger partial charge on any atom is 0.257 e. The van der Waals surface area contributed by atoms with Gasteiger partial charge in [0, 0.05) is 21.8 Å². The van der Waals surface area contributed by atoms with Crippen LogP contribution in [0.25, 0.3) is 0 Å². The molecule has 1 heterocycles. The molecule has 0 saturated heterocycles. The number of benzene rings is 1. The smallest absolute Gasteiger partial charge is 0.257 e. The molecule has 0 radical (unpaired) electrons. The molecule has 0 spiro atoms. The zero-order valence-corrected chi connectivity index (χ0v) is 13.1. The number of halogens is 1. The summed E-state index contributed by atoms with van der Waals surface area (Å²) in [7, 11) is 3.37. The van der Waals surface area contributed by atoms with Crippen LogP contribution in [-0.2, 0) is 6.54 Å². The average Bonchev–Trinajstić information content (AvgIpc) is 2.83. The third-order valence-corrected chi connectivity index (χ3v) is 4.38. The number of ether oxygens (including phenoxy) is 1. The number of rotatable bonds is 4. The molecule has 2 rings (SSSR count). The first-order valence-electron chi connectivity index (χ1n) is 5.73. The fourth-order valence-electron chi connectivity index (χ4n) is 1.77. The largest absolute Gasteiger partial charge is 0.496 e. The van der Waals surface area contributed by atoms with Crippen LogP contribution in [0.4, 0.5) is 0 Å². The normalized spacial score (nSPS) is 10.3. The predicted molar refractivity (Wildman–Crippen MR) is 80.8 cm³/mol. The molecule has 0 unspecified atom stereocenters. The molecule has 3 nitrogen and oxygen atoms in total. The summed E-state index contributed by atoms with van der Waals surface area (Å²) in [5, 5.41) is 2.01. The Hall–Kier alpha value is -1.33. The minimum absolute atomic E-state index is 0.0398. The highest BCUT2D eigenvalue weighted by atomic mass is 79.9. The molecule has 0 saturated carbocycles. The molecule has 100 valence electrons. The van der Waals surface area contributed by atoms with E-state index in [0.717, 1.165) is 9.35 Å². The summed E-state index contributed by atoms with van der Waals surface area (Å²) in [6.07, 6.45) is 0. The molecule has 0 bridgehead atoms. The summed E-state index contributed by atoms with van der Waals surface area (Å²) in [5.74, 6) is 0.564. The number of thiophene rings is 1. The van der Waals surface area contributed by atoms with Crippen LogP contribution in [0.2, 0.25) is 0 Å². The van der Waals surface area contributed by atoms with E-state index in [4.69, 9.17) is 4.74 Å². The van der Waals surface area contributed by atoms with Gasteiger partial charge in [-0.25, -0.2) is 0 Å². The lowest BCUT2D eigenvalue weighted by Crippen LogP contribution is -2.26. The third-order valence-electron chi connectivity index (χ3n) is 2.70. The summed E-state index contributed by atoms with van der Waals surface area (Å²) < 4.78 is 6.27. The fraction of sp³-hybridized carbons (Fsp3) is 0.214. The Morgan fingerprint density at radius 3 is 2.79 bits per heavy atom. The Balaban J connectivity index is 2.14. The molecule has 0 N–H and O–H groups in total. The molecule has 0 fully saturated rings. The SMILES string of the molecule is COc1ccccc1C(=O)N(C)Cc1cc(Br)cs1. The monoisotopic (exact) mass is 339 g/mol. The van der Waals surface area contributed by atoms with Crippen molar-refractivity contribution in [3.63, 3.8) is 0 Å². The van der Waals surface area contributed by atoms with Crippen molar-refractivity contribution in [3.05, 3.63) is 50.6 Å². The van der Waals surface area contributed by atoms with Gasteiger partial charge in [-0.1, -0.05) is 12.1 Å². The van der Waals surface area contributed by atoms with E-state index in [2.05, 4.69) is 15.9 Å². The summed E-state index contributed by atoms with van der Waals surface area (Å²) >= 11 is 5.04.